The maximum atomic E-state index is 12.6. The van der Waals surface area contributed by atoms with Crippen molar-refractivity contribution < 1.29 is 9.59 Å². The third-order valence-corrected chi connectivity index (χ3v) is 6.27. The second-order valence-corrected chi connectivity index (χ2v) is 8.30. The normalized spacial score (nSPS) is 16.1. The van der Waals surface area contributed by atoms with Crippen LogP contribution >= 0.6 is 23.4 Å². The summed E-state index contributed by atoms with van der Waals surface area (Å²) in [5, 5.41) is 3.17. The Labute approximate surface area is 178 Å². The molecule has 0 aliphatic carbocycles. The summed E-state index contributed by atoms with van der Waals surface area (Å²) in [6.45, 7) is 2.02. The van der Waals surface area contributed by atoms with Gasteiger partial charge in [0, 0.05) is 11.4 Å². The predicted molar refractivity (Wildman–Crippen MR) is 120 cm³/mol. The zero-order valence-electron chi connectivity index (χ0n) is 15.8. The van der Waals surface area contributed by atoms with Crippen LogP contribution in [-0.4, -0.2) is 17.6 Å². The lowest BCUT2D eigenvalue weighted by molar-refractivity contribution is -0.115. The number of halogens is 1. The third-order valence-electron chi connectivity index (χ3n) is 4.73. The van der Waals surface area contributed by atoms with E-state index in [0.29, 0.717) is 22.0 Å². The fraction of sp³-hybridized carbons (Fsp3) is 0.130. The molecule has 0 unspecified atom stereocenters. The van der Waals surface area contributed by atoms with Gasteiger partial charge in [0.05, 0.1) is 16.3 Å². The molecule has 146 valence electrons. The first kappa shape index (κ1) is 19.6. The van der Waals surface area contributed by atoms with Gasteiger partial charge < -0.3 is 5.32 Å². The Kier molecular flexibility index (Phi) is 5.60. The standard InChI is InChI=1S/C23H19ClN2O2S/c1-15-9-11-18(12-10-15)26-21(27)14-29-23(26)16-5-4-6-17(13-16)25-22(28)19-7-2-3-8-20(19)24/h2-13,23H,14H2,1H3,(H,25,28)/t23-/m0/s1. The maximum Gasteiger partial charge on any atom is 0.257 e. The number of rotatable bonds is 4. The van der Waals surface area contributed by atoms with Crippen molar-refractivity contribution in [2.45, 2.75) is 12.3 Å². The van der Waals surface area contributed by atoms with Crippen molar-refractivity contribution in [2.75, 3.05) is 16.0 Å². The lowest BCUT2D eigenvalue weighted by Gasteiger charge is -2.25. The van der Waals surface area contributed by atoms with E-state index in [9.17, 15) is 9.59 Å². The van der Waals surface area contributed by atoms with Gasteiger partial charge in [-0.15, -0.1) is 11.8 Å². The molecule has 1 fully saturated rings. The molecule has 0 radical (unpaired) electrons. The fourth-order valence-electron chi connectivity index (χ4n) is 3.27. The average Bonchev–Trinajstić information content (AvgIpc) is 3.10. The molecule has 1 aliphatic heterocycles. The number of hydrogen-bond acceptors (Lipinski definition) is 3. The van der Waals surface area contributed by atoms with Crippen molar-refractivity contribution in [3.05, 3.63) is 94.5 Å². The van der Waals surface area contributed by atoms with Crippen molar-refractivity contribution >= 4 is 46.6 Å². The van der Waals surface area contributed by atoms with E-state index in [1.807, 2.05) is 60.4 Å². The van der Waals surface area contributed by atoms with Crippen LogP contribution in [0.3, 0.4) is 0 Å². The highest BCUT2D eigenvalue weighted by molar-refractivity contribution is 8.00. The summed E-state index contributed by atoms with van der Waals surface area (Å²) in [7, 11) is 0. The first-order chi connectivity index (χ1) is 14.0. The second kappa shape index (κ2) is 8.31. The van der Waals surface area contributed by atoms with Crippen LogP contribution in [0.4, 0.5) is 11.4 Å². The SMILES string of the molecule is Cc1ccc(N2C(=O)CS[C@H]2c2cccc(NC(=O)c3ccccc3Cl)c2)cc1. The largest absolute Gasteiger partial charge is 0.322 e. The van der Waals surface area contributed by atoms with Crippen molar-refractivity contribution in [2.24, 2.45) is 0 Å². The summed E-state index contributed by atoms with van der Waals surface area (Å²) < 4.78 is 0. The highest BCUT2D eigenvalue weighted by atomic mass is 35.5. The minimum absolute atomic E-state index is 0.0781. The molecule has 29 heavy (non-hydrogen) atoms. The molecule has 1 atom stereocenters. The highest BCUT2D eigenvalue weighted by Gasteiger charge is 2.34. The van der Waals surface area contributed by atoms with Crippen molar-refractivity contribution in [1.29, 1.82) is 0 Å². The van der Waals surface area contributed by atoms with Gasteiger partial charge in [0.2, 0.25) is 5.91 Å². The fourth-order valence-corrected chi connectivity index (χ4v) is 4.66. The molecule has 0 aromatic heterocycles. The Morgan fingerprint density at radius 2 is 1.83 bits per heavy atom. The van der Waals surface area contributed by atoms with E-state index in [0.717, 1.165) is 16.8 Å². The summed E-state index contributed by atoms with van der Waals surface area (Å²) in [5.74, 6) is 0.238. The molecule has 3 aromatic rings. The molecule has 1 N–H and O–H groups in total. The number of amides is 2. The topological polar surface area (TPSA) is 49.4 Å². The number of aryl methyl sites for hydroxylation is 1. The number of thioether (sulfide) groups is 1. The van der Waals surface area contributed by atoms with E-state index >= 15 is 0 Å². The van der Waals surface area contributed by atoms with Gasteiger partial charge in [-0.3, -0.25) is 14.5 Å². The first-order valence-electron chi connectivity index (χ1n) is 9.19. The van der Waals surface area contributed by atoms with Gasteiger partial charge in [-0.1, -0.05) is 53.6 Å². The van der Waals surface area contributed by atoms with Gasteiger partial charge in [0.15, 0.2) is 0 Å². The molecule has 1 saturated heterocycles. The minimum Gasteiger partial charge on any atom is -0.322 e. The molecule has 1 heterocycles. The number of anilines is 2. The van der Waals surface area contributed by atoms with E-state index in [2.05, 4.69) is 5.32 Å². The number of carbonyl (C=O) groups excluding carboxylic acids is 2. The highest BCUT2D eigenvalue weighted by Crippen LogP contribution is 2.42. The average molecular weight is 423 g/mol. The second-order valence-electron chi connectivity index (χ2n) is 6.82. The number of carbonyl (C=O) groups is 2. The summed E-state index contributed by atoms with van der Waals surface area (Å²) in [6.07, 6.45) is 0. The van der Waals surface area contributed by atoms with Gasteiger partial charge in [-0.25, -0.2) is 0 Å². The van der Waals surface area contributed by atoms with Crippen molar-refractivity contribution in [3.63, 3.8) is 0 Å². The quantitative estimate of drug-likeness (QED) is 0.588. The molecule has 4 rings (SSSR count). The predicted octanol–water partition coefficient (Wildman–Crippen LogP) is 5.68. The van der Waals surface area contributed by atoms with E-state index in [-0.39, 0.29) is 17.2 Å². The Balaban J connectivity index is 1.59. The van der Waals surface area contributed by atoms with Crippen LogP contribution in [0.25, 0.3) is 0 Å². The minimum atomic E-state index is -0.265. The molecule has 0 spiro atoms. The van der Waals surface area contributed by atoms with E-state index in [4.69, 9.17) is 11.6 Å². The van der Waals surface area contributed by atoms with Crippen LogP contribution in [0.15, 0.2) is 72.8 Å². The van der Waals surface area contributed by atoms with Crippen LogP contribution in [0.1, 0.15) is 26.9 Å². The Hall–Kier alpha value is -2.76. The molecule has 0 saturated carbocycles. The van der Waals surface area contributed by atoms with Gasteiger partial charge in [0.25, 0.3) is 5.91 Å². The number of hydrogen-bond donors (Lipinski definition) is 1. The molecular weight excluding hydrogens is 404 g/mol. The maximum absolute atomic E-state index is 12.6. The summed E-state index contributed by atoms with van der Waals surface area (Å²) >= 11 is 7.71. The first-order valence-corrected chi connectivity index (χ1v) is 10.6. The third kappa shape index (κ3) is 4.16. The van der Waals surface area contributed by atoms with Gasteiger partial charge in [-0.05, 0) is 48.9 Å². The van der Waals surface area contributed by atoms with Crippen LogP contribution in [-0.2, 0) is 4.79 Å². The molecule has 2 amide bonds. The molecule has 6 heteroatoms. The van der Waals surface area contributed by atoms with Crippen LogP contribution in [0, 0.1) is 6.92 Å². The molecule has 3 aromatic carbocycles. The zero-order valence-corrected chi connectivity index (χ0v) is 17.3. The van der Waals surface area contributed by atoms with Gasteiger partial charge in [0.1, 0.15) is 5.37 Å². The molecule has 0 bridgehead atoms. The monoisotopic (exact) mass is 422 g/mol. The molecule has 4 nitrogen and oxygen atoms in total. The van der Waals surface area contributed by atoms with E-state index in [1.165, 1.54) is 0 Å². The van der Waals surface area contributed by atoms with Gasteiger partial charge in [-0.2, -0.15) is 0 Å². The zero-order chi connectivity index (χ0) is 20.4. The molecular formula is C23H19ClN2O2S. The summed E-state index contributed by atoms with van der Waals surface area (Å²) in [4.78, 5) is 26.9. The number of benzene rings is 3. The smallest absolute Gasteiger partial charge is 0.257 e. The van der Waals surface area contributed by atoms with Crippen LogP contribution in [0.2, 0.25) is 5.02 Å². The number of nitrogens with one attached hydrogen (secondary N) is 1. The Bertz CT molecular complexity index is 1070. The van der Waals surface area contributed by atoms with Crippen molar-refractivity contribution in [1.82, 2.24) is 0 Å². The lowest BCUT2D eigenvalue weighted by atomic mass is 10.1. The van der Waals surface area contributed by atoms with E-state index < -0.39 is 0 Å². The van der Waals surface area contributed by atoms with Crippen LogP contribution < -0.4 is 10.2 Å². The summed E-state index contributed by atoms with van der Waals surface area (Å²) in [6, 6.07) is 22.5. The lowest BCUT2D eigenvalue weighted by Crippen LogP contribution is -2.27. The Morgan fingerprint density at radius 3 is 2.59 bits per heavy atom. The van der Waals surface area contributed by atoms with Gasteiger partial charge >= 0.3 is 0 Å². The number of nitrogens with zero attached hydrogens (tertiary/aromatic N) is 1. The van der Waals surface area contributed by atoms with Crippen molar-refractivity contribution in [3.8, 4) is 0 Å². The molecule has 1 aliphatic rings. The van der Waals surface area contributed by atoms with Crippen LogP contribution in [0.5, 0.6) is 0 Å². The van der Waals surface area contributed by atoms with E-state index in [1.54, 1.807) is 36.0 Å². The summed E-state index contributed by atoms with van der Waals surface area (Å²) in [5.41, 5.74) is 4.07. The Morgan fingerprint density at radius 1 is 1.07 bits per heavy atom.